The standard InChI is InChI=1S/C13H21NO4.C12H19NO5/c1-9-6-11(8-17-10(2)15)14(7-9)12(16)18-13(3,4)5;1-8(14)17-7-9-5-10(15)6-13(9)11(16)18-12(2,3)4/h11H,1,6-8H2,2-5H3;9H,5-7H2,1-4H3/t11-;9-/m00/s1. The SMILES string of the molecule is C=C1C[C@@H](COC(C)=O)N(C(=O)OC(C)(C)C)C1.CC(=O)OC[C@@H]1CC(=O)CN1C(=O)OC(C)(C)C. The second-order valence-corrected chi connectivity index (χ2v) is 10.8. The fourth-order valence-electron chi connectivity index (χ4n) is 3.43. The average Bonchev–Trinajstić information content (AvgIpc) is 3.25. The molecule has 0 spiro atoms. The van der Waals surface area contributed by atoms with Gasteiger partial charge in [0.05, 0.1) is 18.6 Å². The van der Waals surface area contributed by atoms with Crippen LogP contribution >= 0.6 is 0 Å². The highest BCUT2D eigenvalue weighted by molar-refractivity contribution is 5.88. The molecule has 2 aliphatic rings. The second-order valence-electron chi connectivity index (χ2n) is 10.8. The predicted octanol–water partition coefficient (Wildman–Crippen LogP) is 3.24. The summed E-state index contributed by atoms with van der Waals surface area (Å²) in [5, 5.41) is 0. The minimum absolute atomic E-state index is 0.0147. The van der Waals surface area contributed by atoms with Crippen LogP contribution in [0.4, 0.5) is 9.59 Å². The number of ketones is 1. The quantitative estimate of drug-likeness (QED) is 0.317. The summed E-state index contributed by atoms with van der Waals surface area (Å²) in [6, 6.07) is -0.590. The van der Waals surface area contributed by atoms with Gasteiger partial charge in [0, 0.05) is 26.8 Å². The summed E-state index contributed by atoms with van der Waals surface area (Å²) >= 11 is 0. The van der Waals surface area contributed by atoms with Crippen molar-refractivity contribution in [3.8, 4) is 0 Å². The Kier molecular flexibility index (Phi) is 10.9. The summed E-state index contributed by atoms with van der Waals surface area (Å²) in [5.41, 5.74) is -0.208. The highest BCUT2D eigenvalue weighted by Gasteiger charge is 2.37. The van der Waals surface area contributed by atoms with Crippen LogP contribution in [0.2, 0.25) is 0 Å². The van der Waals surface area contributed by atoms with Gasteiger partial charge in [-0.2, -0.15) is 0 Å². The Labute approximate surface area is 213 Å². The average molecular weight is 513 g/mol. The Bertz CT molecular complexity index is 785. The molecule has 0 N–H and O–H groups in total. The van der Waals surface area contributed by atoms with E-state index in [1.807, 2.05) is 20.8 Å². The third-order valence-corrected chi connectivity index (χ3v) is 4.82. The van der Waals surface area contributed by atoms with Crippen molar-refractivity contribution < 1.29 is 42.9 Å². The fraction of sp³-hybridized carbons (Fsp3) is 0.720. The van der Waals surface area contributed by atoms with Crippen LogP contribution in [0.5, 0.6) is 0 Å². The summed E-state index contributed by atoms with van der Waals surface area (Å²) in [6.07, 6.45) is -0.0946. The molecule has 11 nitrogen and oxygen atoms in total. The van der Waals surface area contributed by atoms with Gasteiger partial charge in [-0.3, -0.25) is 24.2 Å². The molecule has 0 unspecified atom stereocenters. The van der Waals surface area contributed by atoms with Crippen LogP contribution in [0.1, 0.15) is 68.2 Å². The lowest BCUT2D eigenvalue weighted by Gasteiger charge is -2.28. The van der Waals surface area contributed by atoms with E-state index in [0.29, 0.717) is 13.0 Å². The molecule has 2 fully saturated rings. The number of carbonyl (C=O) groups excluding carboxylic acids is 5. The molecule has 2 rings (SSSR count). The van der Waals surface area contributed by atoms with Crippen LogP contribution in [0, 0.1) is 0 Å². The molecule has 0 aromatic heterocycles. The number of hydrogen-bond acceptors (Lipinski definition) is 9. The zero-order valence-corrected chi connectivity index (χ0v) is 22.7. The monoisotopic (exact) mass is 512 g/mol. The molecular weight excluding hydrogens is 472 g/mol. The molecule has 11 heteroatoms. The van der Waals surface area contributed by atoms with Crippen LogP contribution in [0.25, 0.3) is 0 Å². The lowest BCUT2D eigenvalue weighted by molar-refractivity contribution is -0.143. The van der Waals surface area contributed by atoms with Gasteiger partial charge in [0.25, 0.3) is 0 Å². The molecule has 2 amide bonds. The molecule has 36 heavy (non-hydrogen) atoms. The van der Waals surface area contributed by atoms with Crippen molar-refractivity contribution in [2.24, 2.45) is 0 Å². The number of likely N-dealkylation sites (tertiary alicyclic amines) is 2. The number of carbonyl (C=O) groups is 5. The first-order valence-electron chi connectivity index (χ1n) is 11.8. The normalized spacial score (nSPS) is 19.9. The molecule has 2 aliphatic heterocycles. The van der Waals surface area contributed by atoms with Gasteiger partial charge < -0.3 is 18.9 Å². The molecule has 0 aliphatic carbocycles. The van der Waals surface area contributed by atoms with Crippen molar-refractivity contribution in [2.45, 2.75) is 91.5 Å². The van der Waals surface area contributed by atoms with Crippen LogP contribution in [-0.2, 0) is 33.3 Å². The number of nitrogens with zero attached hydrogens (tertiary/aromatic N) is 2. The van der Waals surface area contributed by atoms with Crippen LogP contribution in [0.15, 0.2) is 12.2 Å². The lowest BCUT2D eigenvalue weighted by Crippen LogP contribution is -2.42. The van der Waals surface area contributed by atoms with Gasteiger partial charge in [-0.15, -0.1) is 0 Å². The highest BCUT2D eigenvalue weighted by atomic mass is 16.6. The van der Waals surface area contributed by atoms with E-state index in [2.05, 4.69) is 6.58 Å². The Balaban J connectivity index is 0.000000360. The fourth-order valence-corrected chi connectivity index (χ4v) is 3.43. The molecule has 2 heterocycles. The van der Waals surface area contributed by atoms with Gasteiger partial charge in [0.2, 0.25) is 0 Å². The van der Waals surface area contributed by atoms with E-state index in [0.717, 1.165) is 5.57 Å². The van der Waals surface area contributed by atoms with E-state index in [9.17, 15) is 24.0 Å². The first kappa shape index (κ1) is 30.9. The van der Waals surface area contributed by atoms with Crippen molar-refractivity contribution >= 4 is 29.9 Å². The maximum Gasteiger partial charge on any atom is 0.411 e. The molecule has 0 bridgehead atoms. The Hall–Kier alpha value is -3.11. The third-order valence-electron chi connectivity index (χ3n) is 4.82. The molecule has 2 atom stereocenters. The molecule has 0 aromatic rings. The van der Waals surface area contributed by atoms with Gasteiger partial charge in [-0.05, 0) is 48.0 Å². The molecule has 2 saturated heterocycles. The van der Waals surface area contributed by atoms with E-state index in [-0.39, 0.29) is 44.0 Å². The van der Waals surface area contributed by atoms with Crippen molar-refractivity contribution in [1.29, 1.82) is 0 Å². The zero-order valence-electron chi connectivity index (χ0n) is 22.7. The Morgan fingerprint density at radius 1 is 0.778 bits per heavy atom. The number of amides is 2. The molecule has 0 saturated carbocycles. The van der Waals surface area contributed by atoms with E-state index >= 15 is 0 Å². The van der Waals surface area contributed by atoms with Crippen molar-refractivity contribution in [2.75, 3.05) is 26.3 Å². The first-order valence-corrected chi connectivity index (χ1v) is 11.8. The van der Waals surface area contributed by atoms with Crippen LogP contribution in [-0.4, -0.2) is 89.3 Å². The third kappa shape index (κ3) is 11.5. The summed E-state index contributed by atoms with van der Waals surface area (Å²) in [7, 11) is 0. The summed E-state index contributed by atoms with van der Waals surface area (Å²) < 4.78 is 20.3. The van der Waals surface area contributed by atoms with E-state index in [1.54, 1.807) is 25.7 Å². The first-order chi connectivity index (χ1) is 16.4. The van der Waals surface area contributed by atoms with Gasteiger partial charge in [-0.1, -0.05) is 12.2 Å². The topological polar surface area (TPSA) is 129 Å². The van der Waals surface area contributed by atoms with Gasteiger partial charge in [0.1, 0.15) is 24.4 Å². The number of esters is 2. The molecule has 0 aromatic carbocycles. The zero-order chi connectivity index (χ0) is 27.8. The van der Waals surface area contributed by atoms with E-state index < -0.39 is 35.4 Å². The minimum Gasteiger partial charge on any atom is -0.464 e. The molecule has 204 valence electrons. The van der Waals surface area contributed by atoms with E-state index in [1.165, 1.54) is 18.7 Å². The number of ether oxygens (including phenoxy) is 4. The maximum atomic E-state index is 12.0. The number of hydrogen-bond donors (Lipinski definition) is 0. The summed E-state index contributed by atoms with van der Waals surface area (Å²) in [5.74, 6) is -0.840. The summed E-state index contributed by atoms with van der Waals surface area (Å²) in [4.78, 5) is 59.7. The van der Waals surface area contributed by atoms with Crippen LogP contribution < -0.4 is 0 Å². The summed E-state index contributed by atoms with van der Waals surface area (Å²) in [6.45, 7) is 17.9. The smallest absolute Gasteiger partial charge is 0.411 e. The van der Waals surface area contributed by atoms with Crippen LogP contribution in [0.3, 0.4) is 0 Å². The minimum atomic E-state index is -0.616. The van der Waals surface area contributed by atoms with E-state index in [4.69, 9.17) is 18.9 Å². The molecular formula is C25H40N2O9. The number of rotatable bonds is 4. The van der Waals surface area contributed by atoms with Gasteiger partial charge >= 0.3 is 24.1 Å². The van der Waals surface area contributed by atoms with Gasteiger partial charge in [0.15, 0.2) is 5.78 Å². The van der Waals surface area contributed by atoms with Crippen molar-refractivity contribution in [3.63, 3.8) is 0 Å². The Morgan fingerprint density at radius 3 is 1.56 bits per heavy atom. The largest absolute Gasteiger partial charge is 0.464 e. The predicted molar refractivity (Wildman–Crippen MR) is 130 cm³/mol. The number of Topliss-reactive ketones (excluding diaryl/α,β-unsaturated/α-hetero) is 1. The van der Waals surface area contributed by atoms with Crippen molar-refractivity contribution in [3.05, 3.63) is 12.2 Å². The maximum absolute atomic E-state index is 12.0. The lowest BCUT2D eigenvalue weighted by atomic mass is 10.2. The highest BCUT2D eigenvalue weighted by Crippen LogP contribution is 2.24. The second kappa shape index (κ2) is 12.7. The Morgan fingerprint density at radius 2 is 1.17 bits per heavy atom. The van der Waals surface area contributed by atoms with Crippen molar-refractivity contribution in [1.82, 2.24) is 9.80 Å². The molecule has 0 radical (unpaired) electrons. The van der Waals surface area contributed by atoms with Gasteiger partial charge in [-0.25, -0.2) is 9.59 Å².